The van der Waals surface area contributed by atoms with E-state index in [-0.39, 0.29) is 0 Å². The van der Waals surface area contributed by atoms with Crippen molar-refractivity contribution in [3.63, 3.8) is 0 Å². The van der Waals surface area contributed by atoms with E-state index in [1.165, 1.54) is 28.0 Å². The van der Waals surface area contributed by atoms with Crippen LogP contribution in [0.15, 0.2) is 44.0 Å². The highest BCUT2D eigenvalue weighted by Gasteiger charge is 2.37. The molecule has 2 aliphatic heterocycles. The molecule has 1 nitrogen and oxygen atoms in total. The van der Waals surface area contributed by atoms with Crippen molar-refractivity contribution in [1.29, 1.82) is 0 Å². The van der Waals surface area contributed by atoms with E-state index in [4.69, 9.17) is 0 Å². The first-order valence-electron chi connectivity index (χ1n) is 5.62. The summed E-state index contributed by atoms with van der Waals surface area (Å²) in [6.07, 6.45) is 2.93. The van der Waals surface area contributed by atoms with Gasteiger partial charge in [-0.15, -0.1) is 6.58 Å². The van der Waals surface area contributed by atoms with Gasteiger partial charge in [-0.1, -0.05) is 37.4 Å². The molecule has 0 saturated heterocycles. The Kier molecular flexibility index (Phi) is 1.84. The van der Waals surface area contributed by atoms with Crippen molar-refractivity contribution in [2.75, 3.05) is 11.4 Å². The predicted octanol–water partition coefficient (Wildman–Crippen LogP) is 3.49. The molecule has 0 aromatic heterocycles. The van der Waals surface area contributed by atoms with Crippen LogP contribution >= 0.6 is 0 Å². The Morgan fingerprint density at radius 1 is 1.31 bits per heavy atom. The molecule has 1 aromatic rings. The molecule has 1 atom stereocenters. The predicted molar refractivity (Wildman–Crippen MR) is 70.5 cm³/mol. The van der Waals surface area contributed by atoms with Crippen LogP contribution in [0.3, 0.4) is 0 Å². The number of nitrogens with zero attached hydrogens (tertiary/aromatic N) is 1. The number of benzene rings is 1. The van der Waals surface area contributed by atoms with E-state index in [1.807, 2.05) is 6.08 Å². The van der Waals surface area contributed by atoms with Crippen molar-refractivity contribution >= 4 is 16.8 Å². The fourth-order valence-electron chi connectivity index (χ4n) is 2.83. The summed E-state index contributed by atoms with van der Waals surface area (Å²) in [7, 11) is 0. The maximum absolute atomic E-state index is 4.23. The minimum absolute atomic E-state index is 0.382. The third-order valence-corrected chi connectivity index (χ3v) is 3.58. The van der Waals surface area contributed by atoms with Crippen LogP contribution in [0.1, 0.15) is 17.5 Å². The molecule has 0 fully saturated rings. The standard InChI is InChI=1S/C15H15N/c1-4-6-14-11(3)13-8-5-7-12-10(2)9-16(14)15(12)13/h4-5,7-8,14H,1-3,6,9H2. The summed E-state index contributed by atoms with van der Waals surface area (Å²) >= 11 is 0. The lowest BCUT2D eigenvalue weighted by Crippen LogP contribution is -2.29. The molecular weight excluding hydrogens is 194 g/mol. The first-order chi connectivity index (χ1) is 7.74. The zero-order valence-corrected chi connectivity index (χ0v) is 9.37. The van der Waals surface area contributed by atoms with Gasteiger partial charge in [0.25, 0.3) is 0 Å². The van der Waals surface area contributed by atoms with E-state index in [1.54, 1.807) is 0 Å². The van der Waals surface area contributed by atoms with Crippen LogP contribution in [0.5, 0.6) is 0 Å². The molecule has 0 amide bonds. The maximum atomic E-state index is 4.23. The number of rotatable bonds is 2. The number of anilines is 1. The summed E-state index contributed by atoms with van der Waals surface area (Å²) in [5.74, 6) is 0. The lowest BCUT2D eigenvalue weighted by atomic mass is 9.98. The highest BCUT2D eigenvalue weighted by atomic mass is 15.2. The zero-order chi connectivity index (χ0) is 11.3. The van der Waals surface area contributed by atoms with E-state index < -0.39 is 0 Å². The summed E-state index contributed by atoms with van der Waals surface area (Å²) in [4.78, 5) is 2.41. The average Bonchev–Trinajstić information content (AvgIpc) is 2.74. The van der Waals surface area contributed by atoms with Gasteiger partial charge < -0.3 is 4.90 Å². The maximum Gasteiger partial charge on any atom is 0.0581 e. The second kappa shape index (κ2) is 3.11. The Hall–Kier alpha value is -1.76. The van der Waals surface area contributed by atoms with Crippen molar-refractivity contribution in [1.82, 2.24) is 0 Å². The Labute approximate surface area is 96.4 Å². The lowest BCUT2D eigenvalue weighted by Gasteiger charge is -2.22. The van der Waals surface area contributed by atoms with E-state index >= 15 is 0 Å². The molecule has 1 heteroatoms. The van der Waals surface area contributed by atoms with Crippen LogP contribution in [0.2, 0.25) is 0 Å². The fraction of sp³-hybridized carbons (Fsp3) is 0.200. The Balaban J connectivity index is 2.19. The molecule has 3 rings (SSSR count). The number of hydrogen-bond acceptors (Lipinski definition) is 1. The molecule has 2 heterocycles. The highest BCUT2D eigenvalue weighted by molar-refractivity contribution is 5.98. The van der Waals surface area contributed by atoms with Gasteiger partial charge in [-0.05, 0) is 17.6 Å². The normalized spacial score (nSPS) is 21.5. The van der Waals surface area contributed by atoms with Crippen molar-refractivity contribution < 1.29 is 0 Å². The van der Waals surface area contributed by atoms with Gasteiger partial charge in [-0.3, -0.25) is 0 Å². The number of hydrogen-bond donors (Lipinski definition) is 0. The van der Waals surface area contributed by atoms with Crippen LogP contribution in [-0.2, 0) is 0 Å². The van der Waals surface area contributed by atoms with Gasteiger partial charge in [-0.25, -0.2) is 0 Å². The van der Waals surface area contributed by atoms with E-state index in [2.05, 4.69) is 42.8 Å². The minimum Gasteiger partial charge on any atom is -0.359 e. The van der Waals surface area contributed by atoms with E-state index in [0.29, 0.717) is 6.04 Å². The second-order valence-electron chi connectivity index (χ2n) is 4.50. The first-order valence-corrected chi connectivity index (χ1v) is 5.62. The third kappa shape index (κ3) is 1.00. The van der Waals surface area contributed by atoms with Crippen molar-refractivity contribution in [3.05, 3.63) is 55.1 Å². The molecule has 80 valence electrons. The van der Waals surface area contributed by atoms with Crippen LogP contribution in [0.25, 0.3) is 11.1 Å². The monoisotopic (exact) mass is 209 g/mol. The van der Waals surface area contributed by atoms with Gasteiger partial charge in [0.2, 0.25) is 0 Å². The smallest absolute Gasteiger partial charge is 0.0581 e. The molecule has 16 heavy (non-hydrogen) atoms. The van der Waals surface area contributed by atoms with Crippen LogP contribution in [0.4, 0.5) is 5.69 Å². The average molecular weight is 209 g/mol. The molecule has 0 N–H and O–H groups in total. The topological polar surface area (TPSA) is 3.24 Å². The largest absolute Gasteiger partial charge is 0.359 e. The van der Waals surface area contributed by atoms with Crippen LogP contribution < -0.4 is 4.90 Å². The highest BCUT2D eigenvalue weighted by Crippen LogP contribution is 2.49. The summed E-state index contributed by atoms with van der Waals surface area (Å²) in [5, 5.41) is 0. The Bertz CT molecular complexity index is 510. The molecule has 1 unspecified atom stereocenters. The Morgan fingerprint density at radius 2 is 2.06 bits per heavy atom. The van der Waals surface area contributed by atoms with E-state index in [0.717, 1.165) is 13.0 Å². The van der Waals surface area contributed by atoms with Crippen LogP contribution in [-0.4, -0.2) is 12.6 Å². The summed E-state index contributed by atoms with van der Waals surface area (Å²) in [5.41, 5.74) is 6.38. The van der Waals surface area contributed by atoms with Crippen LogP contribution in [0, 0.1) is 0 Å². The molecule has 2 aliphatic rings. The van der Waals surface area contributed by atoms with Gasteiger partial charge >= 0.3 is 0 Å². The molecule has 0 saturated carbocycles. The minimum atomic E-state index is 0.382. The van der Waals surface area contributed by atoms with Gasteiger partial charge in [-0.2, -0.15) is 0 Å². The quantitative estimate of drug-likeness (QED) is 0.674. The lowest BCUT2D eigenvalue weighted by molar-refractivity contribution is 0.787. The molecular formula is C15H15N. The molecule has 0 bridgehead atoms. The second-order valence-corrected chi connectivity index (χ2v) is 4.50. The summed E-state index contributed by atoms with van der Waals surface area (Å²) in [6.45, 7) is 13.1. The fourth-order valence-corrected chi connectivity index (χ4v) is 2.83. The SMILES string of the molecule is C=CCC1C(=C)c2cccc3c2N1CC3=C. The molecule has 0 radical (unpaired) electrons. The first kappa shape index (κ1) is 9.46. The van der Waals surface area contributed by atoms with Crippen molar-refractivity contribution in [2.45, 2.75) is 12.5 Å². The molecule has 1 aromatic carbocycles. The van der Waals surface area contributed by atoms with Crippen molar-refractivity contribution in [2.24, 2.45) is 0 Å². The van der Waals surface area contributed by atoms with E-state index in [9.17, 15) is 0 Å². The summed E-state index contributed by atoms with van der Waals surface area (Å²) < 4.78 is 0. The third-order valence-electron chi connectivity index (χ3n) is 3.58. The number of para-hydroxylation sites is 1. The van der Waals surface area contributed by atoms with Gasteiger partial charge in [0, 0.05) is 17.7 Å². The molecule has 0 spiro atoms. The molecule has 0 aliphatic carbocycles. The van der Waals surface area contributed by atoms with Gasteiger partial charge in [0.1, 0.15) is 0 Å². The van der Waals surface area contributed by atoms with Crippen molar-refractivity contribution in [3.8, 4) is 0 Å². The van der Waals surface area contributed by atoms with Gasteiger partial charge in [0.05, 0.1) is 11.7 Å². The van der Waals surface area contributed by atoms with Gasteiger partial charge in [0.15, 0.2) is 0 Å². The Morgan fingerprint density at radius 3 is 2.81 bits per heavy atom. The zero-order valence-electron chi connectivity index (χ0n) is 9.37. The summed E-state index contributed by atoms with van der Waals surface area (Å²) in [6, 6.07) is 6.80.